The van der Waals surface area contributed by atoms with E-state index < -0.39 is 42.0 Å². The van der Waals surface area contributed by atoms with Gasteiger partial charge in [-0.2, -0.15) is 13.2 Å². The third-order valence-electron chi connectivity index (χ3n) is 5.57. The van der Waals surface area contributed by atoms with E-state index >= 15 is 0 Å². The first kappa shape index (κ1) is 24.7. The van der Waals surface area contributed by atoms with Gasteiger partial charge in [-0.25, -0.2) is 9.18 Å². The first-order valence-corrected chi connectivity index (χ1v) is 11.3. The molecule has 0 saturated carbocycles. The molecule has 0 aliphatic rings. The Morgan fingerprint density at radius 2 is 1.83 bits per heavy atom. The van der Waals surface area contributed by atoms with Crippen molar-refractivity contribution < 1.29 is 27.4 Å². The summed E-state index contributed by atoms with van der Waals surface area (Å²) in [5.74, 6) is -0.659. The van der Waals surface area contributed by atoms with Crippen molar-refractivity contribution in [1.82, 2.24) is 9.55 Å². The van der Waals surface area contributed by atoms with Crippen molar-refractivity contribution in [2.45, 2.75) is 38.8 Å². The molecule has 2 aromatic carbocycles. The Labute approximate surface area is 200 Å². The summed E-state index contributed by atoms with van der Waals surface area (Å²) < 4.78 is 60.0. The van der Waals surface area contributed by atoms with Crippen LogP contribution in [0.3, 0.4) is 0 Å². The van der Waals surface area contributed by atoms with Crippen molar-refractivity contribution in [3.8, 4) is 16.2 Å². The number of hydrogen-bond acceptors (Lipinski definition) is 5. The Balaban J connectivity index is 1.73. The number of aliphatic hydroxyl groups excluding tert-OH is 1. The van der Waals surface area contributed by atoms with E-state index in [-0.39, 0.29) is 16.0 Å². The van der Waals surface area contributed by atoms with E-state index in [0.29, 0.717) is 20.6 Å². The van der Waals surface area contributed by atoms with Gasteiger partial charge in [-0.15, -0.1) is 11.3 Å². The summed E-state index contributed by atoms with van der Waals surface area (Å²) in [6, 6.07) is 13.4. The van der Waals surface area contributed by atoms with Gasteiger partial charge in [0, 0.05) is 4.88 Å². The van der Waals surface area contributed by atoms with Gasteiger partial charge in [-0.05, 0) is 48.7 Å². The Morgan fingerprint density at radius 1 is 1.14 bits per heavy atom. The first-order valence-electron chi connectivity index (χ1n) is 10.5. The van der Waals surface area contributed by atoms with Crippen LogP contribution in [-0.2, 0) is 6.54 Å². The molecule has 6 nitrogen and oxygen atoms in total. The van der Waals surface area contributed by atoms with Crippen LogP contribution in [0, 0.1) is 12.7 Å². The summed E-state index contributed by atoms with van der Waals surface area (Å²) in [4.78, 5) is 27.0. The van der Waals surface area contributed by atoms with Crippen molar-refractivity contribution in [2.75, 3.05) is 0 Å². The normalized spacial score (nSPS) is 13.7. The minimum atomic E-state index is -4.95. The van der Waals surface area contributed by atoms with Crippen LogP contribution < -0.4 is 16.0 Å². The second-order valence-electron chi connectivity index (χ2n) is 7.98. The molecular formula is C24H20F4N2O4S. The van der Waals surface area contributed by atoms with Crippen molar-refractivity contribution in [2.24, 2.45) is 0 Å². The third-order valence-corrected chi connectivity index (χ3v) is 6.93. The summed E-state index contributed by atoms with van der Waals surface area (Å²) in [6.45, 7) is 2.24. The highest BCUT2D eigenvalue weighted by molar-refractivity contribution is 7.22. The summed E-state index contributed by atoms with van der Waals surface area (Å²) in [5, 5.41) is 9.47. The lowest BCUT2D eigenvalue weighted by molar-refractivity contribution is -0.207. The zero-order valence-electron chi connectivity index (χ0n) is 18.5. The number of halogens is 4. The van der Waals surface area contributed by atoms with E-state index in [2.05, 4.69) is 0 Å². The number of nitrogens with one attached hydrogen (secondary N) is 1. The molecule has 0 saturated heterocycles. The molecule has 0 spiro atoms. The second-order valence-corrected chi connectivity index (χ2v) is 8.98. The van der Waals surface area contributed by atoms with Gasteiger partial charge in [0.25, 0.3) is 5.56 Å². The quantitative estimate of drug-likeness (QED) is 0.362. The van der Waals surface area contributed by atoms with Crippen molar-refractivity contribution in [3.05, 3.63) is 86.3 Å². The zero-order valence-corrected chi connectivity index (χ0v) is 19.3. The van der Waals surface area contributed by atoms with Crippen LogP contribution in [-0.4, -0.2) is 26.9 Å². The van der Waals surface area contributed by atoms with Crippen LogP contribution in [0.1, 0.15) is 24.2 Å². The zero-order chi connectivity index (χ0) is 25.5. The van der Waals surface area contributed by atoms with Gasteiger partial charge in [0.15, 0.2) is 17.7 Å². The smallest absolute Gasteiger partial charge is 0.416 e. The summed E-state index contributed by atoms with van der Waals surface area (Å²) in [5.41, 5.74) is -0.277. The van der Waals surface area contributed by atoms with Gasteiger partial charge < -0.3 is 9.84 Å². The highest BCUT2D eigenvalue weighted by Crippen LogP contribution is 2.38. The Kier molecular flexibility index (Phi) is 6.56. The number of aliphatic hydroxyl groups is 1. The molecule has 1 unspecified atom stereocenters. The number of alkyl halides is 3. The van der Waals surface area contributed by atoms with Crippen LogP contribution in [0.25, 0.3) is 20.7 Å². The van der Waals surface area contributed by atoms with E-state index in [1.54, 1.807) is 19.9 Å². The number of ether oxygens (including phenoxy) is 1. The Bertz CT molecular complexity index is 1490. The number of rotatable bonds is 6. The van der Waals surface area contributed by atoms with Crippen LogP contribution in [0.4, 0.5) is 17.6 Å². The van der Waals surface area contributed by atoms with Crippen molar-refractivity contribution >= 4 is 21.6 Å². The number of thiophene rings is 1. The molecular weight excluding hydrogens is 488 g/mol. The number of aryl methyl sites for hydroxylation is 1. The van der Waals surface area contributed by atoms with Gasteiger partial charge in [0.05, 0.1) is 11.9 Å². The second kappa shape index (κ2) is 9.31. The number of aromatic amines is 1. The molecule has 4 rings (SSSR count). The number of aromatic nitrogens is 2. The predicted octanol–water partition coefficient (Wildman–Crippen LogP) is 4.93. The molecule has 2 heterocycles. The van der Waals surface area contributed by atoms with E-state index in [4.69, 9.17) is 4.74 Å². The van der Waals surface area contributed by atoms with Gasteiger partial charge in [0.2, 0.25) is 0 Å². The van der Waals surface area contributed by atoms with Crippen LogP contribution in [0.15, 0.2) is 58.1 Å². The Morgan fingerprint density at radius 3 is 2.46 bits per heavy atom. The van der Waals surface area contributed by atoms with Crippen LogP contribution >= 0.6 is 11.3 Å². The fraction of sp³-hybridized carbons (Fsp3) is 0.250. The molecule has 11 heteroatoms. The molecule has 0 radical (unpaired) electrons. The number of hydrogen-bond donors (Lipinski definition) is 2. The lowest BCUT2D eigenvalue weighted by Crippen LogP contribution is -2.38. The summed E-state index contributed by atoms with van der Waals surface area (Å²) in [6.07, 6.45) is -8.18. The molecule has 0 amide bonds. The largest absolute Gasteiger partial charge is 0.483 e. The Hall–Kier alpha value is -3.44. The number of fused-ring (bicyclic) bond motifs is 1. The number of H-pyrrole nitrogens is 1. The van der Waals surface area contributed by atoms with E-state index in [1.165, 1.54) is 12.1 Å². The fourth-order valence-corrected chi connectivity index (χ4v) is 5.02. The molecule has 0 bridgehead atoms. The van der Waals surface area contributed by atoms with E-state index in [0.717, 1.165) is 16.9 Å². The van der Waals surface area contributed by atoms with Crippen LogP contribution in [0.5, 0.6) is 5.75 Å². The predicted molar refractivity (Wildman–Crippen MR) is 124 cm³/mol. The molecule has 2 atom stereocenters. The first-order chi connectivity index (χ1) is 16.5. The molecule has 2 N–H and O–H groups in total. The minimum Gasteiger partial charge on any atom is -0.483 e. The number of benzene rings is 2. The van der Waals surface area contributed by atoms with Crippen LogP contribution in [0.2, 0.25) is 0 Å². The topological polar surface area (TPSA) is 84.3 Å². The minimum absolute atomic E-state index is 0.00240. The average Bonchev–Trinajstić information content (AvgIpc) is 3.15. The monoisotopic (exact) mass is 508 g/mol. The van der Waals surface area contributed by atoms with E-state index in [9.17, 15) is 32.3 Å². The fourth-order valence-electron chi connectivity index (χ4n) is 3.71. The SMILES string of the molecule is Cc1c(-c2ccc(OC(C)c3ccccc3)c(F)c2)sc2c1c(=O)[nH]c(=O)n2C[C@@H](O)C(F)(F)F. The maximum atomic E-state index is 14.9. The highest BCUT2D eigenvalue weighted by Gasteiger charge is 2.39. The lowest BCUT2D eigenvalue weighted by atomic mass is 10.1. The molecule has 0 aliphatic carbocycles. The number of nitrogens with zero attached hydrogens (tertiary/aromatic N) is 1. The highest BCUT2D eigenvalue weighted by atomic mass is 32.1. The lowest BCUT2D eigenvalue weighted by Gasteiger charge is -2.16. The maximum Gasteiger partial charge on any atom is 0.416 e. The van der Waals surface area contributed by atoms with E-state index in [1.807, 2.05) is 35.3 Å². The third kappa shape index (κ3) is 4.87. The molecule has 0 aliphatic heterocycles. The van der Waals surface area contributed by atoms with Gasteiger partial charge in [-0.1, -0.05) is 30.3 Å². The molecule has 2 aromatic heterocycles. The summed E-state index contributed by atoms with van der Waals surface area (Å²) in [7, 11) is 0. The maximum absolute atomic E-state index is 14.9. The molecule has 0 fully saturated rings. The van der Waals surface area contributed by atoms with Crippen molar-refractivity contribution in [3.63, 3.8) is 0 Å². The molecule has 35 heavy (non-hydrogen) atoms. The molecule has 184 valence electrons. The van der Waals surface area contributed by atoms with Crippen molar-refractivity contribution in [1.29, 1.82) is 0 Å². The van der Waals surface area contributed by atoms with Gasteiger partial charge in [0.1, 0.15) is 10.9 Å². The average molecular weight is 508 g/mol. The summed E-state index contributed by atoms with van der Waals surface area (Å²) >= 11 is 0.867. The van der Waals surface area contributed by atoms with Gasteiger partial charge >= 0.3 is 11.9 Å². The van der Waals surface area contributed by atoms with Gasteiger partial charge in [-0.3, -0.25) is 14.3 Å². The molecule has 4 aromatic rings. The standard InChI is InChI=1S/C24H20F4N2O4S/c1-12-19-21(32)29-23(33)30(11-18(31)24(26,27)28)22(19)35-20(12)15-8-9-17(16(25)10-15)34-13(2)14-6-4-3-5-7-14/h3-10,13,18,31H,11H2,1-2H3,(H,29,32,33)/t13?,18-/m1/s1.